The standard InChI is InChI=1S/C25H27N3O4S/c1-18-10-13-22(14-11-18)33(30,31)28(23-16-19(2)12-15-24(23)32-4)17-25(29)27-26-20(3)21-8-6-5-7-9-21/h5-16H,17H2,1-4H3,(H,27,29)/b26-20-. The first kappa shape index (κ1) is 24.0. The van der Waals surface area contributed by atoms with Gasteiger partial charge in [0.2, 0.25) is 0 Å². The van der Waals surface area contributed by atoms with E-state index in [0.29, 0.717) is 11.5 Å². The van der Waals surface area contributed by atoms with Crippen LogP contribution in [-0.2, 0) is 14.8 Å². The van der Waals surface area contributed by atoms with Gasteiger partial charge in [-0.15, -0.1) is 0 Å². The van der Waals surface area contributed by atoms with Gasteiger partial charge in [-0.2, -0.15) is 5.10 Å². The molecule has 3 aromatic carbocycles. The predicted molar refractivity (Wildman–Crippen MR) is 130 cm³/mol. The summed E-state index contributed by atoms with van der Waals surface area (Å²) in [5.41, 5.74) is 5.95. The molecule has 0 atom stereocenters. The van der Waals surface area contributed by atoms with Crippen molar-refractivity contribution in [3.63, 3.8) is 0 Å². The van der Waals surface area contributed by atoms with E-state index >= 15 is 0 Å². The van der Waals surface area contributed by atoms with Gasteiger partial charge < -0.3 is 4.74 Å². The predicted octanol–water partition coefficient (Wildman–Crippen LogP) is 4.05. The monoisotopic (exact) mass is 465 g/mol. The summed E-state index contributed by atoms with van der Waals surface area (Å²) in [7, 11) is -2.61. The molecule has 0 radical (unpaired) electrons. The topological polar surface area (TPSA) is 88.1 Å². The molecule has 0 fully saturated rings. The van der Waals surface area contributed by atoms with Crippen LogP contribution in [0.3, 0.4) is 0 Å². The second-order valence-corrected chi connectivity index (χ2v) is 9.46. The van der Waals surface area contributed by atoms with Crippen LogP contribution in [0.1, 0.15) is 23.6 Å². The third-order valence-electron chi connectivity index (χ3n) is 5.04. The van der Waals surface area contributed by atoms with Crippen LogP contribution in [0.2, 0.25) is 0 Å². The van der Waals surface area contributed by atoms with Crippen molar-refractivity contribution in [3.8, 4) is 5.75 Å². The second-order valence-electron chi connectivity index (χ2n) is 7.60. The minimum absolute atomic E-state index is 0.0772. The Labute approximate surface area is 194 Å². The van der Waals surface area contributed by atoms with Crippen molar-refractivity contribution in [2.24, 2.45) is 5.10 Å². The summed E-state index contributed by atoms with van der Waals surface area (Å²) in [6, 6.07) is 21.0. The SMILES string of the molecule is COc1ccc(C)cc1N(CC(=O)N/N=C(/C)c1ccccc1)S(=O)(=O)c1ccc(C)cc1. The Morgan fingerprint density at radius 3 is 2.24 bits per heavy atom. The van der Waals surface area contributed by atoms with Gasteiger partial charge in [0.05, 0.1) is 23.4 Å². The number of nitrogens with one attached hydrogen (secondary N) is 1. The fraction of sp³-hybridized carbons (Fsp3) is 0.200. The number of hydrogen-bond donors (Lipinski definition) is 1. The van der Waals surface area contributed by atoms with Gasteiger partial charge in [0, 0.05) is 0 Å². The summed E-state index contributed by atoms with van der Waals surface area (Å²) < 4.78 is 33.6. The number of rotatable bonds is 8. The Bertz CT molecular complexity index is 1250. The van der Waals surface area contributed by atoms with E-state index in [0.717, 1.165) is 21.0 Å². The number of amides is 1. The highest BCUT2D eigenvalue weighted by Gasteiger charge is 2.29. The van der Waals surface area contributed by atoms with E-state index in [-0.39, 0.29) is 10.6 Å². The zero-order valence-corrected chi connectivity index (χ0v) is 19.9. The van der Waals surface area contributed by atoms with Crippen molar-refractivity contribution in [2.45, 2.75) is 25.7 Å². The van der Waals surface area contributed by atoms with Crippen molar-refractivity contribution in [1.82, 2.24) is 5.43 Å². The molecule has 0 unspecified atom stereocenters. The maximum Gasteiger partial charge on any atom is 0.264 e. The van der Waals surface area contributed by atoms with E-state index in [1.54, 1.807) is 31.2 Å². The first-order valence-electron chi connectivity index (χ1n) is 10.3. The lowest BCUT2D eigenvalue weighted by Gasteiger charge is -2.25. The highest BCUT2D eigenvalue weighted by molar-refractivity contribution is 7.92. The number of hydrogen-bond acceptors (Lipinski definition) is 5. The van der Waals surface area contributed by atoms with E-state index in [4.69, 9.17) is 4.74 Å². The Hall–Kier alpha value is -3.65. The number of carbonyl (C=O) groups is 1. The smallest absolute Gasteiger partial charge is 0.264 e. The fourth-order valence-electron chi connectivity index (χ4n) is 3.19. The molecule has 1 amide bonds. The van der Waals surface area contributed by atoms with Crippen LogP contribution in [0.4, 0.5) is 5.69 Å². The highest BCUT2D eigenvalue weighted by Crippen LogP contribution is 2.33. The first-order chi connectivity index (χ1) is 15.7. The second kappa shape index (κ2) is 10.3. The van der Waals surface area contributed by atoms with Crippen LogP contribution in [0.5, 0.6) is 5.75 Å². The van der Waals surface area contributed by atoms with Gasteiger partial charge in [-0.05, 0) is 56.2 Å². The Morgan fingerprint density at radius 1 is 0.970 bits per heavy atom. The minimum Gasteiger partial charge on any atom is -0.495 e. The summed E-state index contributed by atoms with van der Waals surface area (Å²) in [6.45, 7) is 5.01. The highest BCUT2D eigenvalue weighted by atomic mass is 32.2. The number of ether oxygens (including phenoxy) is 1. The Morgan fingerprint density at radius 2 is 1.61 bits per heavy atom. The molecule has 0 bridgehead atoms. The average Bonchev–Trinajstić information content (AvgIpc) is 2.81. The number of hydrazone groups is 1. The molecule has 0 aromatic heterocycles. The average molecular weight is 466 g/mol. The van der Waals surface area contributed by atoms with Gasteiger partial charge in [0.15, 0.2) is 0 Å². The maximum atomic E-state index is 13.6. The largest absolute Gasteiger partial charge is 0.495 e. The van der Waals surface area contributed by atoms with Crippen molar-refractivity contribution < 1.29 is 17.9 Å². The maximum absolute atomic E-state index is 13.6. The van der Waals surface area contributed by atoms with Crippen molar-refractivity contribution in [2.75, 3.05) is 18.0 Å². The number of sulfonamides is 1. The lowest BCUT2D eigenvalue weighted by molar-refractivity contribution is -0.119. The summed E-state index contributed by atoms with van der Waals surface area (Å²) >= 11 is 0. The molecule has 3 rings (SSSR count). The van der Waals surface area contributed by atoms with E-state index in [1.165, 1.54) is 19.2 Å². The Balaban J connectivity index is 1.96. The van der Waals surface area contributed by atoms with Crippen LogP contribution in [0.25, 0.3) is 0 Å². The Kier molecular flexibility index (Phi) is 7.50. The number of anilines is 1. The van der Waals surface area contributed by atoms with Crippen LogP contribution in [-0.4, -0.2) is 33.7 Å². The van der Waals surface area contributed by atoms with Crippen LogP contribution >= 0.6 is 0 Å². The molecule has 0 aliphatic heterocycles. The van der Waals surface area contributed by atoms with Crippen LogP contribution < -0.4 is 14.5 Å². The summed E-state index contributed by atoms with van der Waals surface area (Å²) in [5.74, 6) is -0.238. The van der Waals surface area contributed by atoms with Gasteiger partial charge >= 0.3 is 0 Å². The third kappa shape index (κ3) is 5.78. The minimum atomic E-state index is -4.06. The molecule has 3 aromatic rings. The van der Waals surface area contributed by atoms with Gasteiger partial charge in [-0.1, -0.05) is 54.1 Å². The molecule has 33 heavy (non-hydrogen) atoms. The number of aryl methyl sites for hydroxylation is 2. The van der Waals surface area contributed by atoms with Gasteiger partial charge in [-0.3, -0.25) is 9.10 Å². The van der Waals surface area contributed by atoms with Gasteiger partial charge in [0.25, 0.3) is 15.9 Å². The number of nitrogens with zero attached hydrogens (tertiary/aromatic N) is 2. The zero-order valence-electron chi connectivity index (χ0n) is 19.1. The lowest BCUT2D eigenvalue weighted by atomic mass is 10.1. The normalized spacial score (nSPS) is 11.7. The van der Waals surface area contributed by atoms with Gasteiger partial charge in [-0.25, -0.2) is 13.8 Å². The van der Waals surface area contributed by atoms with Crippen molar-refractivity contribution >= 4 is 27.3 Å². The molecule has 8 heteroatoms. The molecule has 1 N–H and O–H groups in total. The van der Waals surface area contributed by atoms with Crippen molar-refractivity contribution in [3.05, 3.63) is 89.5 Å². The third-order valence-corrected chi connectivity index (χ3v) is 6.81. The molecule has 0 heterocycles. The first-order valence-corrected chi connectivity index (χ1v) is 11.8. The molecular weight excluding hydrogens is 438 g/mol. The van der Waals surface area contributed by atoms with Gasteiger partial charge in [0.1, 0.15) is 12.3 Å². The molecule has 172 valence electrons. The van der Waals surface area contributed by atoms with E-state index in [2.05, 4.69) is 10.5 Å². The summed E-state index contributed by atoms with van der Waals surface area (Å²) in [4.78, 5) is 12.9. The zero-order chi connectivity index (χ0) is 24.0. The van der Waals surface area contributed by atoms with E-state index in [1.807, 2.05) is 50.2 Å². The molecule has 0 aliphatic carbocycles. The molecular formula is C25H27N3O4S. The molecule has 0 aliphatic rings. The summed E-state index contributed by atoms with van der Waals surface area (Å²) in [6.07, 6.45) is 0. The molecule has 0 spiro atoms. The number of benzene rings is 3. The van der Waals surface area contributed by atoms with Crippen molar-refractivity contribution in [1.29, 1.82) is 0 Å². The lowest BCUT2D eigenvalue weighted by Crippen LogP contribution is -2.40. The number of carbonyl (C=O) groups excluding carboxylic acids is 1. The molecule has 0 saturated carbocycles. The van der Waals surface area contributed by atoms with E-state index < -0.39 is 22.5 Å². The van der Waals surface area contributed by atoms with E-state index in [9.17, 15) is 13.2 Å². The fourth-order valence-corrected chi connectivity index (χ4v) is 4.61. The molecule has 7 nitrogen and oxygen atoms in total. The number of methoxy groups -OCH3 is 1. The van der Waals surface area contributed by atoms with Crippen LogP contribution in [0.15, 0.2) is 82.8 Å². The quantitative estimate of drug-likeness (QED) is 0.402. The summed E-state index contributed by atoms with van der Waals surface area (Å²) in [5, 5.41) is 4.13. The molecule has 0 saturated heterocycles. The van der Waals surface area contributed by atoms with Crippen LogP contribution in [0, 0.1) is 13.8 Å².